The lowest BCUT2D eigenvalue weighted by Crippen LogP contribution is -2.39. The Morgan fingerprint density at radius 3 is 2.03 bits per heavy atom. The number of ether oxygens (including phenoxy) is 3. The zero-order valence-corrected chi connectivity index (χ0v) is 17.1. The van der Waals surface area contributed by atoms with Crippen molar-refractivity contribution in [1.82, 2.24) is 5.32 Å². The Balaban J connectivity index is 1.55. The van der Waals surface area contributed by atoms with Gasteiger partial charge in [-0.2, -0.15) is 0 Å². The molecule has 156 valence electrons. The second-order valence-corrected chi connectivity index (χ2v) is 6.87. The minimum Gasteiger partial charge on any atom is -0.490 e. The summed E-state index contributed by atoms with van der Waals surface area (Å²) in [5.74, 6) is 0.929. The molecule has 1 N–H and O–H groups in total. The first-order valence-electron chi connectivity index (χ1n) is 10.1. The second kappa shape index (κ2) is 11.6. The molecule has 30 heavy (non-hydrogen) atoms. The van der Waals surface area contributed by atoms with Crippen LogP contribution in [0.2, 0.25) is 0 Å². The molecule has 0 aliphatic heterocycles. The van der Waals surface area contributed by atoms with Crippen LogP contribution in [0.25, 0.3) is 0 Å². The van der Waals surface area contributed by atoms with E-state index in [4.69, 9.17) is 14.2 Å². The summed E-state index contributed by atoms with van der Waals surface area (Å²) in [4.78, 5) is 12.6. The largest absolute Gasteiger partial charge is 0.490 e. The van der Waals surface area contributed by atoms with Crippen LogP contribution in [0.1, 0.15) is 12.5 Å². The van der Waals surface area contributed by atoms with Crippen LogP contribution >= 0.6 is 0 Å². The standard InChI is InChI=1S/C25H27NO4/c1-20(29-23-15-9-4-10-16-23)25(27)30-24(19-28-22-13-7-3-8-14-22)18-26-17-21-11-5-2-6-12-21/h2-16,20,24,26H,17-19H2,1H3/t20-,24-/m0/s1. The van der Waals surface area contributed by atoms with Crippen molar-refractivity contribution in [2.75, 3.05) is 13.2 Å². The Bertz CT molecular complexity index is 871. The Kier molecular flexibility index (Phi) is 8.30. The van der Waals surface area contributed by atoms with Crippen LogP contribution in [-0.4, -0.2) is 31.3 Å². The molecule has 3 aromatic carbocycles. The van der Waals surface area contributed by atoms with Crippen molar-refractivity contribution in [3.05, 3.63) is 96.6 Å². The number of hydrogen-bond acceptors (Lipinski definition) is 5. The van der Waals surface area contributed by atoms with Crippen LogP contribution in [0.3, 0.4) is 0 Å². The quantitative estimate of drug-likeness (QED) is 0.484. The minimum atomic E-state index is -0.722. The van der Waals surface area contributed by atoms with Crippen molar-refractivity contribution in [3.63, 3.8) is 0 Å². The summed E-state index contributed by atoms with van der Waals surface area (Å²) >= 11 is 0. The Morgan fingerprint density at radius 1 is 0.833 bits per heavy atom. The minimum absolute atomic E-state index is 0.246. The number of esters is 1. The van der Waals surface area contributed by atoms with Gasteiger partial charge in [0.2, 0.25) is 0 Å². The summed E-state index contributed by atoms with van der Waals surface area (Å²) in [6, 6.07) is 28.8. The van der Waals surface area contributed by atoms with Crippen molar-refractivity contribution in [2.24, 2.45) is 0 Å². The first kappa shape index (κ1) is 21.4. The number of para-hydroxylation sites is 2. The molecule has 3 aromatic rings. The van der Waals surface area contributed by atoms with Gasteiger partial charge in [0.1, 0.15) is 24.2 Å². The van der Waals surface area contributed by atoms with Crippen LogP contribution in [0.4, 0.5) is 0 Å². The molecule has 0 heterocycles. The van der Waals surface area contributed by atoms with E-state index in [0.717, 1.165) is 11.3 Å². The molecule has 0 unspecified atom stereocenters. The Morgan fingerprint density at radius 2 is 1.40 bits per heavy atom. The molecule has 0 aromatic heterocycles. The van der Waals surface area contributed by atoms with Crippen LogP contribution in [0.5, 0.6) is 11.5 Å². The average Bonchev–Trinajstić information content (AvgIpc) is 2.79. The van der Waals surface area contributed by atoms with E-state index >= 15 is 0 Å². The lowest BCUT2D eigenvalue weighted by molar-refractivity contribution is -0.158. The van der Waals surface area contributed by atoms with Crippen LogP contribution in [0.15, 0.2) is 91.0 Å². The highest BCUT2D eigenvalue weighted by Gasteiger charge is 2.22. The van der Waals surface area contributed by atoms with Crippen LogP contribution in [0, 0.1) is 0 Å². The van der Waals surface area contributed by atoms with Crippen molar-refractivity contribution in [2.45, 2.75) is 25.7 Å². The molecule has 0 amide bonds. The smallest absolute Gasteiger partial charge is 0.347 e. The molecular weight excluding hydrogens is 378 g/mol. The maximum Gasteiger partial charge on any atom is 0.347 e. The van der Waals surface area contributed by atoms with Crippen molar-refractivity contribution in [3.8, 4) is 11.5 Å². The summed E-state index contributed by atoms with van der Waals surface area (Å²) in [5, 5.41) is 3.33. The number of benzene rings is 3. The van der Waals surface area contributed by atoms with Gasteiger partial charge in [0, 0.05) is 13.1 Å². The number of carbonyl (C=O) groups is 1. The van der Waals surface area contributed by atoms with Crippen LogP contribution < -0.4 is 14.8 Å². The number of rotatable bonds is 11. The summed E-state index contributed by atoms with van der Waals surface area (Å²) in [5.41, 5.74) is 1.16. The van der Waals surface area contributed by atoms with Gasteiger partial charge in [-0.25, -0.2) is 4.79 Å². The molecule has 5 nitrogen and oxygen atoms in total. The topological polar surface area (TPSA) is 56.8 Å². The molecule has 3 rings (SSSR count). The van der Waals surface area contributed by atoms with E-state index in [1.807, 2.05) is 78.9 Å². The maximum atomic E-state index is 12.6. The monoisotopic (exact) mass is 405 g/mol. The van der Waals surface area contributed by atoms with E-state index in [9.17, 15) is 4.79 Å². The SMILES string of the molecule is C[C@H](Oc1ccccc1)C(=O)O[C@@H](CNCc1ccccc1)COc1ccccc1. The van der Waals surface area contributed by atoms with Gasteiger partial charge in [-0.3, -0.25) is 0 Å². The molecule has 0 spiro atoms. The fourth-order valence-electron chi connectivity index (χ4n) is 2.83. The highest BCUT2D eigenvalue weighted by Crippen LogP contribution is 2.13. The van der Waals surface area contributed by atoms with Gasteiger partial charge in [-0.1, -0.05) is 66.7 Å². The number of hydrogen-bond donors (Lipinski definition) is 1. The highest BCUT2D eigenvalue weighted by atomic mass is 16.6. The second-order valence-electron chi connectivity index (χ2n) is 6.87. The molecular formula is C25H27NO4. The molecule has 0 bridgehead atoms. The van der Waals surface area contributed by atoms with E-state index in [0.29, 0.717) is 18.8 Å². The molecule has 0 aliphatic rings. The van der Waals surface area contributed by atoms with Crippen molar-refractivity contribution >= 4 is 5.97 Å². The van der Waals surface area contributed by atoms with E-state index < -0.39 is 18.2 Å². The van der Waals surface area contributed by atoms with Gasteiger partial charge in [-0.05, 0) is 36.8 Å². The molecule has 2 atom stereocenters. The van der Waals surface area contributed by atoms with Crippen molar-refractivity contribution in [1.29, 1.82) is 0 Å². The van der Waals surface area contributed by atoms with E-state index in [1.54, 1.807) is 19.1 Å². The summed E-state index contributed by atoms with van der Waals surface area (Å²) in [7, 11) is 0. The summed E-state index contributed by atoms with van der Waals surface area (Å²) < 4.78 is 17.2. The Hall–Kier alpha value is -3.31. The lowest BCUT2D eigenvalue weighted by atomic mass is 10.2. The molecule has 0 radical (unpaired) electrons. The lowest BCUT2D eigenvalue weighted by Gasteiger charge is -2.22. The Labute approximate surface area is 177 Å². The highest BCUT2D eigenvalue weighted by molar-refractivity contribution is 5.74. The van der Waals surface area contributed by atoms with Crippen LogP contribution in [-0.2, 0) is 16.1 Å². The average molecular weight is 405 g/mol. The predicted molar refractivity (Wildman–Crippen MR) is 116 cm³/mol. The van der Waals surface area contributed by atoms with E-state index in [1.165, 1.54) is 0 Å². The van der Waals surface area contributed by atoms with Gasteiger partial charge in [-0.15, -0.1) is 0 Å². The third-order valence-corrected chi connectivity index (χ3v) is 4.39. The number of carbonyl (C=O) groups excluding carboxylic acids is 1. The van der Waals surface area contributed by atoms with Crippen molar-refractivity contribution < 1.29 is 19.0 Å². The van der Waals surface area contributed by atoms with E-state index in [2.05, 4.69) is 5.32 Å². The third kappa shape index (κ3) is 7.26. The molecule has 0 aliphatic carbocycles. The predicted octanol–water partition coefficient (Wildman–Crippen LogP) is 4.23. The fraction of sp³-hybridized carbons (Fsp3) is 0.240. The fourth-order valence-corrected chi connectivity index (χ4v) is 2.83. The zero-order chi connectivity index (χ0) is 21.0. The number of nitrogens with one attached hydrogen (secondary N) is 1. The summed E-state index contributed by atoms with van der Waals surface area (Å²) in [6.45, 7) is 3.07. The first-order chi connectivity index (χ1) is 14.7. The third-order valence-electron chi connectivity index (χ3n) is 4.39. The van der Waals surface area contributed by atoms with Gasteiger partial charge in [0.05, 0.1) is 0 Å². The normalized spacial score (nSPS) is 12.6. The molecule has 5 heteroatoms. The zero-order valence-electron chi connectivity index (χ0n) is 17.1. The van der Waals surface area contributed by atoms with E-state index in [-0.39, 0.29) is 6.61 Å². The first-order valence-corrected chi connectivity index (χ1v) is 10.1. The molecule has 0 fully saturated rings. The van der Waals surface area contributed by atoms with Gasteiger partial charge in [0.25, 0.3) is 0 Å². The maximum absolute atomic E-state index is 12.6. The van der Waals surface area contributed by atoms with Gasteiger partial charge in [0.15, 0.2) is 6.10 Å². The molecule has 0 saturated carbocycles. The molecule has 0 saturated heterocycles. The summed E-state index contributed by atoms with van der Waals surface area (Å²) in [6.07, 6.45) is -1.18. The van der Waals surface area contributed by atoms with Gasteiger partial charge >= 0.3 is 5.97 Å². The van der Waals surface area contributed by atoms with Gasteiger partial charge < -0.3 is 19.5 Å².